The molecule has 77 heavy (non-hydrogen) atoms. The zero-order valence-corrected chi connectivity index (χ0v) is 51.0. The highest BCUT2D eigenvalue weighted by molar-refractivity contribution is 7.45. The van der Waals surface area contributed by atoms with Crippen LogP contribution in [0.15, 0.2) is 109 Å². The third-order valence-corrected chi connectivity index (χ3v) is 14.0. The number of carbonyl (C=O) groups is 2. The Bertz CT molecular complexity index is 1670. The SMILES string of the molecule is CC/C=C\C/C=C\C/C=C\C/C=C\C/C=C\C/C=C\C/C=C\C/C=C\CCCCCCCCCCCCCCC(=O)OC(COC(=O)CCCCCCC/C=C\CCCCCCCCC)COP(=O)([O-])OCC[N+](C)(C)C. The highest BCUT2D eigenvalue weighted by Crippen LogP contribution is 2.38. The van der Waals surface area contributed by atoms with Gasteiger partial charge in [-0.05, 0) is 103 Å². The Morgan fingerprint density at radius 3 is 1.12 bits per heavy atom. The Morgan fingerprint density at radius 2 is 0.740 bits per heavy atom. The number of carbonyl (C=O) groups excluding carboxylic acids is 2. The van der Waals surface area contributed by atoms with E-state index in [0.717, 1.165) is 109 Å². The minimum absolute atomic E-state index is 0.0362. The first-order valence-electron chi connectivity index (χ1n) is 31.1. The summed E-state index contributed by atoms with van der Waals surface area (Å²) in [5.74, 6) is -0.846. The summed E-state index contributed by atoms with van der Waals surface area (Å²) >= 11 is 0. The normalized spacial score (nSPS) is 14.0. The second kappa shape index (κ2) is 57.4. The minimum atomic E-state index is -4.64. The number of phosphoric ester groups is 1. The number of likely N-dealkylation sites (N-methyl/N-ethyl adjacent to an activating group) is 1. The van der Waals surface area contributed by atoms with E-state index in [4.69, 9.17) is 18.5 Å². The standard InChI is InChI=1S/C67H116NO8P/c1-6-8-10-12-14-16-18-20-22-24-25-26-27-28-29-30-31-32-33-34-35-36-37-38-39-40-41-42-43-44-46-48-50-52-54-56-58-60-67(70)76-65(64-75-77(71,72)74-62-61-68(3,4)5)63-73-66(69)59-57-55-53-51-49-47-45-23-21-19-17-15-13-11-9-7-2/h8,10,14,16,20,22-23,25-26,28-29,31-32,34-35,37-38,45,65H,6-7,9,11-13,15,17-19,21,24,27,30,33,36,39-44,46-64H2,1-5H3/b10-8-,16-14-,22-20-,26-25-,29-28-,32-31-,35-34-,38-37-,45-23-. The molecule has 0 bridgehead atoms. The fourth-order valence-electron chi connectivity index (χ4n) is 8.25. The van der Waals surface area contributed by atoms with Gasteiger partial charge < -0.3 is 27.9 Å². The van der Waals surface area contributed by atoms with E-state index in [9.17, 15) is 19.0 Å². The van der Waals surface area contributed by atoms with Gasteiger partial charge in [0.1, 0.15) is 19.8 Å². The maximum absolute atomic E-state index is 12.8. The summed E-state index contributed by atoms with van der Waals surface area (Å²) in [5, 5.41) is 0. The monoisotopic (exact) mass is 1090 g/mol. The zero-order chi connectivity index (χ0) is 56.3. The number of esters is 2. The van der Waals surface area contributed by atoms with E-state index >= 15 is 0 Å². The van der Waals surface area contributed by atoms with E-state index in [1.165, 1.54) is 109 Å². The summed E-state index contributed by atoms with van der Waals surface area (Å²) in [5.41, 5.74) is 0. The smallest absolute Gasteiger partial charge is 0.306 e. The second-order valence-electron chi connectivity index (χ2n) is 21.7. The highest BCUT2D eigenvalue weighted by atomic mass is 31.2. The van der Waals surface area contributed by atoms with Gasteiger partial charge in [0.2, 0.25) is 0 Å². The molecule has 0 aliphatic carbocycles. The fraction of sp³-hybridized carbons (Fsp3) is 0.701. The van der Waals surface area contributed by atoms with Crippen LogP contribution in [-0.4, -0.2) is 70.0 Å². The minimum Gasteiger partial charge on any atom is -0.756 e. The van der Waals surface area contributed by atoms with Gasteiger partial charge in [0, 0.05) is 12.8 Å². The molecule has 0 heterocycles. The predicted molar refractivity (Wildman–Crippen MR) is 328 cm³/mol. The van der Waals surface area contributed by atoms with Crippen molar-refractivity contribution in [2.45, 2.75) is 258 Å². The molecule has 0 saturated heterocycles. The van der Waals surface area contributed by atoms with Gasteiger partial charge in [0.05, 0.1) is 27.7 Å². The Hall–Kier alpha value is -3.33. The van der Waals surface area contributed by atoms with E-state index < -0.39 is 32.5 Å². The van der Waals surface area contributed by atoms with Crippen LogP contribution in [-0.2, 0) is 32.7 Å². The van der Waals surface area contributed by atoms with Crippen molar-refractivity contribution in [1.82, 2.24) is 0 Å². The lowest BCUT2D eigenvalue weighted by atomic mass is 10.0. The van der Waals surface area contributed by atoms with Crippen LogP contribution in [0.3, 0.4) is 0 Å². The van der Waals surface area contributed by atoms with Crippen LogP contribution in [0, 0.1) is 0 Å². The number of hydrogen-bond donors (Lipinski definition) is 0. The highest BCUT2D eigenvalue weighted by Gasteiger charge is 2.22. The Kier molecular flexibility index (Phi) is 54.9. The molecule has 0 amide bonds. The zero-order valence-electron chi connectivity index (χ0n) is 50.1. The van der Waals surface area contributed by atoms with Crippen molar-refractivity contribution in [3.63, 3.8) is 0 Å². The van der Waals surface area contributed by atoms with Crippen LogP contribution < -0.4 is 4.89 Å². The van der Waals surface area contributed by atoms with E-state index in [1.54, 1.807) is 0 Å². The summed E-state index contributed by atoms with van der Waals surface area (Å²) in [4.78, 5) is 37.9. The van der Waals surface area contributed by atoms with E-state index in [0.29, 0.717) is 17.4 Å². The third-order valence-electron chi connectivity index (χ3n) is 13.0. The fourth-order valence-corrected chi connectivity index (χ4v) is 8.98. The number of unbranched alkanes of at least 4 members (excludes halogenated alkanes) is 24. The van der Waals surface area contributed by atoms with Crippen LogP contribution in [0.4, 0.5) is 0 Å². The average Bonchev–Trinajstić information content (AvgIpc) is 3.39. The number of allylic oxidation sites excluding steroid dienone is 18. The number of quaternary nitrogens is 1. The van der Waals surface area contributed by atoms with E-state index in [-0.39, 0.29) is 26.1 Å². The molecule has 2 atom stereocenters. The molecule has 2 unspecified atom stereocenters. The number of rotatable bonds is 56. The molecule has 9 nitrogen and oxygen atoms in total. The number of nitrogens with zero attached hydrogens (tertiary/aromatic N) is 1. The lowest BCUT2D eigenvalue weighted by Gasteiger charge is -2.28. The summed E-state index contributed by atoms with van der Waals surface area (Å²) < 4.78 is 34.2. The molecule has 0 aromatic rings. The van der Waals surface area contributed by atoms with Crippen LogP contribution in [0.5, 0.6) is 0 Å². The molecule has 0 rings (SSSR count). The maximum atomic E-state index is 12.8. The van der Waals surface area contributed by atoms with Crippen molar-refractivity contribution in [2.75, 3.05) is 47.5 Å². The van der Waals surface area contributed by atoms with Crippen molar-refractivity contribution in [1.29, 1.82) is 0 Å². The van der Waals surface area contributed by atoms with Crippen molar-refractivity contribution in [3.05, 3.63) is 109 Å². The molecule has 0 spiro atoms. The molecule has 0 fully saturated rings. The van der Waals surface area contributed by atoms with Crippen molar-refractivity contribution >= 4 is 19.8 Å². The summed E-state index contributed by atoms with van der Waals surface area (Å²) in [7, 11) is 1.15. The molecule has 0 aromatic heterocycles. The van der Waals surface area contributed by atoms with Gasteiger partial charge in [0.15, 0.2) is 6.10 Å². The number of ether oxygens (including phenoxy) is 2. The molecule has 0 saturated carbocycles. The van der Waals surface area contributed by atoms with Crippen molar-refractivity contribution < 1.29 is 42.1 Å². The Labute approximate surface area is 474 Å². The van der Waals surface area contributed by atoms with Gasteiger partial charge in [-0.1, -0.05) is 245 Å². The largest absolute Gasteiger partial charge is 0.756 e. The molecule has 0 aromatic carbocycles. The molecule has 442 valence electrons. The first-order chi connectivity index (χ1) is 37.5. The molecule has 0 aliphatic heterocycles. The summed E-state index contributed by atoms with van der Waals surface area (Å²) in [6.45, 7) is 4.11. The van der Waals surface area contributed by atoms with Gasteiger partial charge >= 0.3 is 11.9 Å². The van der Waals surface area contributed by atoms with Crippen LogP contribution >= 0.6 is 7.82 Å². The number of phosphoric acid groups is 1. The van der Waals surface area contributed by atoms with Crippen molar-refractivity contribution in [2.24, 2.45) is 0 Å². The molecule has 0 aliphatic rings. The Balaban J connectivity index is 4.09. The quantitative estimate of drug-likeness (QED) is 0.0195. The van der Waals surface area contributed by atoms with E-state index in [2.05, 4.69) is 123 Å². The summed E-state index contributed by atoms with van der Waals surface area (Å²) in [6.07, 6.45) is 80.0. The van der Waals surface area contributed by atoms with Gasteiger partial charge in [-0.25, -0.2) is 0 Å². The number of hydrogen-bond acceptors (Lipinski definition) is 8. The molecular weight excluding hydrogens is 978 g/mol. The Morgan fingerprint density at radius 1 is 0.416 bits per heavy atom. The molecule has 10 heteroatoms. The van der Waals surface area contributed by atoms with Crippen molar-refractivity contribution in [3.8, 4) is 0 Å². The van der Waals surface area contributed by atoms with Crippen LogP contribution in [0.25, 0.3) is 0 Å². The third kappa shape index (κ3) is 61.7. The van der Waals surface area contributed by atoms with Crippen LogP contribution in [0.1, 0.15) is 251 Å². The topological polar surface area (TPSA) is 111 Å². The van der Waals surface area contributed by atoms with Gasteiger partial charge in [-0.15, -0.1) is 0 Å². The molecule has 0 N–H and O–H groups in total. The first-order valence-corrected chi connectivity index (χ1v) is 32.6. The van der Waals surface area contributed by atoms with E-state index in [1.807, 2.05) is 21.1 Å². The average molecular weight is 1090 g/mol. The summed E-state index contributed by atoms with van der Waals surface area (Å²) in [6, 6.07) is 0. The first kappa shape index (κ1) is 73.7. The second-order valence-corrected chi connectivity index (χ2v) is 23.1. The lowest BCUT2D eigenvalue weighted by molar-refractivity contribution is -0.870. The van der Waals surface area contributed by atoms with Crippen LogP contribution in [0.2, 0.25) is 0 Å². The lowest BCUT2D eigenvalue weighted by Crippen LogP contribution is -2.37. The predicted octanol–water partition coefficient (Wildman–Crippen LogP) is 19.1. The molecular formula is C67H116NO8P. The maximum Gasteiger partial charge on any atom is 0.306 e. The van der Waals surface area contributed by atoms with Gasteiger partial charge in [0.25, 0.3) is 7.82 Å². The van der Waals surface area contributed by atoms with Gasteiger partial charge in [-0.3, -0.25) is 14.2 Å². The van der Waals surface area contributed by atoms with Gasteiger partial charge in [-0.2, -0.15) is 0 Å². The molecule has 0 radical (unpaired) electrons.